The van der Waals surface area contributed by atoms with Crippen molar-refractivity contribution in [1.29, 1.82) is 5.26 Å². The number of aliphatic hydroxyl groups is 2. The molecule has 0 aromatic carbocycles. The van der Waals surface area contributed by atoms with Gasteiger partial charge in [0, 0.05) is 17.9 Å². The van der Waals surface area contributed by atoms with Crippen LogP contribution in [0.3, 0.4) is 0 Å². The lowest BCUT2D eigenvalue weighted by atomic mass is 9.34. The third-order valence-corrected chi connectivity index (χ3v) is 12.2. The highest BCUT2D eigenvalue weighted by Crippen LogP contribution is 2.74. The lowest BCUT2D eigenvalue weighted by molar-refractivity contribution is -0.193. The molecule has 0 heterocycles. The zero-order valence-corrected chi connectivity index (χ0v) is 21.9. The van der Waals surface area contributed by atoms with Crippen LogP contribution in [-0.2, 0) is 4.79 Å². The number of allylic oxidation sites excluding steroid dienone is 3. The minimum absolute atomic E-state index is 0.0237. The Labute approximate surface area is 205 Å². The van der Waals surface area contributed by atoms with Crippen molar-refractivity contribution < 1.29 is 15.0 Å². The summed E-state index contributed by atoms with van der Waals surface area (Å²) in [7, 11) is 0. The van der Waals surface area contributed by atoms with Crippen LogP contribution in [0.15, 0.2) is 23.3 Å². The smallest absolute Gasteiger partial charge is 0.176 e. The van der Waals surface area contributed by atoms with Crippen molar-refractivity contribution in [3.8, 4) is 6.07 Å². The third kappa shape index (κ3) is 2.86. The molecule has 5 aliphatic carbocycles. The monoisotopic (exact) mass is 465 g/mol. The van der Waals surface area contributed by atoms with Gasteiger partial charge < -0.3 is 10.2 Å². The summed E-state index contributed by atoms with van der Waals surface area (Å²) in [5, 5.41) is 32.3. The number of Topliss-reactive ketones (excluding diaryl/α,β-unsaturated/α-hetero) is 1. The molecule has 3 fully saturated rings. The molecule has 0 bridgehead atoms. The summed E-state index contributed by atoms with van der Waals surface area (Å²) in [6.45, 7) is 13.9. The zero-order valence-electron chi connectivity index (χ0n) is 21.9. The van der Waals surface area contributed by atoms with E-state index in [0.29, 0.717) is 5.92 Å². The number of rotatable bonds is 1. The highest BCUT2D eigenvalue weighted by atomic mass is 16.3. The van der Waals surface area contributed by atoms with E-state index in [1.807, 2.05) is 13.0 Å². The first kappa shape index (κ1) is 24.3. The highest BCUT2D eigenvalue weighted by molar-refractivity contribution is 6.02. The molecule has 0 saturated heterocycles. The average Bonchev–Trinajstić information content (AvgIpc) is 2.77. The maximum atomic E-state index is 12.9. The minimum atomic E-state index is -0.569. The van der Waals surface area contributed by atoms with E-state index >= 15 is 0 Å². The number of hydrogen-bond acceptors (Lipinski definition) is 4. The van der Waals surface area contributed by atoms with E-state index in [9.17, 15) is 20.3 Å². The summed E-state index contributed by atoms with van der Waals surface area (Å²) in [6, 6.07) is 2.18. The van der Waals surface area contributed by atoms with Crippen molar-refractivity contribution >= 4 is 5.78 Å². The number of carbonyl (C=O) groups is 1. The average molecular weight is 466 g/mol. The second-order valence-electron chi connectivity index (χ2n) is 14.1. The number of nitrogens with zero attached hydrogens (tertiary/aromatic N) is 1. The van der Waals surface area contributed by atoms with Crippen molar-refractivity contribution in [2.75, 3.05) is 6.61 Å². The Kier molecular flexibility index (Phi) is 5.21. The minimum Gasteiger partial charge on any atom is -0.396 e. The van der Waals surface area contributed by atoms with E-state index in [4.69, 9.17) is 0 Å². The fourth-order valence-corrected chi connectivity index (χ4v) is 9.90. The van der Waals surface area contributed by atoms with E-state index < -0.39 is 11.5 Å². The summed E-state index contributed by atoms with van der Waals surface area (Å²) in [4.78, 5) is 12.9. The van der Waals surface area contributed by atoms with E-state index in [-0.39, 0.29) is 57.4 Å². The molecule has 0 aliphatic heterocycles. The van der Waals surface area contributed by atoms with Gasteiger partial charge in [-0.25, -0.2) is 0 Å². The molecule has 2 N–H and O–H groups in total. The standard InChI is InChI=1S/C30H43NO3/c1-18-20-7-8-28(5)23(27(20,4)14-19(16-31)25(18)34)13-22(33)24-21-15-26(2,3)9-11-30(21,17-32)12-10-29(24,28)6/h13-14,18,20-22,24,32-33H,7-12,15,17H2,1-6H3/t18-,20-,21?,22+,24?,27-,28+,29+,30+/m0/s1. The Balaban J connectivity index is 1.67. The molecule has 4 heteroatoms. The van der Waals surface area contributed by atoms with Crippen LogP contribution in [0.4, 0.5) is 0 Å². The second-order valence-corrected chi connectivity index (χ2v) is 14.1. The van der Waals surface area contributed by atoms with Crippen molar-refractivity contribution in [1.82, 2.24) is 0 Å². The molecule has 3 saturated carbocycles. The molecule has 2 unspecified atom stereocenters. The Hall–Kier alpha value is -1.44. The van der Waals surface area contributed by atoms with E-state index in [0.717, 1.165) is 44.9 Å². The van der Waals surface area contributed by atoms with E-state index in [1.54, 1.807) is 0 Å². The fraction of sp³-hybridized carbons (Fsp3) is 0.800. The topological polar surface area (TPSA) is 81.3 Å². The fourth-order valence-electron chi connectivity index (χ4n) is 9.90. The van der Waals surface area contributed by atoms with Gasteiger partial charge in [-0.15, -0.1) is 0 Å². The molecule has 0 spiro atoms. The first-order chi connectivity index (χ1) is 15.8. The first-order valence-electron chi connectivity index (χ1n) is 13.5. The molecule has 34 heavy (non-hydrogen) atoms. The van der Waals surface area contributed by atoms with Crippen LogP contribution in [0.1, 0.15) is 86.5 Å². The molecule has 5 aliphatic rings. The van der Waals surface area contributed by atoms with Gasteiger partial charge in [0.1, 0.15) is 6.07 Å². The largest absolute Gasteiger partial charge is 0.396 e. The molecule has 4 nitrogen and oxygen atoms in total. The Morgan fingerprint density at radius 1 is 1.06 bits per heavy atom. The summed E-state index contributed by atoms with van der Waals surface area (Å²) in [5.74, 6) is 0.378. The highest BCUT2D eigenvalue weighted by Gasteiger charge is 2.68. The predicted molar refractivity (Wildman–Crippen MR) is 132 cm³/mol. The van der Waals surface area contributed by atoms with Gasteiger partial charge >= 0.3 is 0 Å². The van der Waals surface area contributed by atoms with Crippen LogP contribution < -0.4 is 0 Å². The summed E-state index contributed by atoms with van der Waals surface area (Å²) >= 11 is 0. The molecule has 0 radical (unpaired) electrons. The second kappa shape index (κ2) is 7.30. The van der Waals surface area contributed by atoms with Crippen molar-refractivity contribution in [2.24, 2.45) is 50.7 Å². The van der Waals surface area contributed by atoms with Gasteiger partial charge in [-0.1, -0.05) is 59.3 Å². The maximum Gasteiger partial charge on any atom is 0.176 e. The number of fused-ring (bicyclic) bond motifs is 7. The number of ketones is 1. The molecular formula is C30H43NO3. The van der Waals surface area contributed by atoms with Crippen LogP contribution in [-0.4, -0.2) is 28.7 Å². The van der Waals surface area contributed by atoms with Gasteiger partial charge in [-0.2, -0.15) is 5.26 Å². The Bertz CT molecular complexity index is 1020. The van der Waals surface area contributed by atoms with Gasteiger partial charge in [0.25, 0.3) is 0 Å². The van der Waals surface area contributed by atoms with Crippen LogP contribution in [0.5, 0.6) is 0 Å². The SMILES string of the molecule is C[C@@H]1C(=O)C(C#N)=C[C@]2(C)C3=C[C@@H](O)C4C5CC(C)(C)CC[C@]5(CO)CC[C@@]4(C)[C@]3(C)CC[C@@H]12. The van der Waals surface area contributed by atoms with Gasteiger partial charge in [0.2, 0.25) is 0 Å². The molecular weight excluding hydrogens is 422 g/mol. The number of nitriles is 1. The number of aliphatic hydroxyl groups excluding tert-OH is 2. The lowest BCUT2D eigenvalue weighted by Gasteiger charge is -2.70. The molecule has 186 valence electrons. The summed E-state index contributed by atoms with van der Waals surface area (Å²) in [6.07, 6.45) is 10.7. The zero-order chi connectivity index (χ0) is 24.9. The molecule has 0 aromatic rings. The van der Waals surface area contributed by atoms with Crippen LogP contribution in [0.2, 0.25) is 0 Å². The lowest BCUT2D eigenvalue weighted by Crippen LogP contribution is -2.65. The van der Waals surface area contributed by atoms with Crippen molar-refractivity contribution in [3.05, 3.63) is 23.3 Å². The van der Waals surface area contributed by atoms with Crippen molar-refractivity contribution in [3.63, 3.8) is 0 Å². The molecule has 0 amide bonds. The van der Waals surface area contributed by atoms with E-state index in [1.165, 1.54) is 5.57 Å². The quantitative estimate of drug-likeness (QED) is 0.494. The predicted octanol–water partition coefficient (Wildman–Crippen LogP) is 5.60. The Morgan fingerprint density at radius 2 is 1.74 bits per heavy atom. The Morgan fingerprint density at radius 3 is 2.38 bits per heavy atom. The van der Waals surface area contributed by atoms with Gasteiger partial charge in [0.15, 0.2) is 5.78 Å². The summed E-state index contributed by atoms with van der Waals surface area (Å²) in [5.41, 5.74) is 1.09. The van der Waals surface area contributed by atoms with Gasteiger partial charge in [0.05, 0.1) is 11.7 Å². The first-order valence-corrected chi connectivity index (χ1v) is 13.5. The molecule has 5 rings (SSSR count). The van der Waals surface area contributed by atoms with E-state index in [2.05, 4.69) is 46.8 Å². The number of carbonyl (C=O) groups excluding carboxylic acids is 1. The van der Waals surface area contributed by atoms with Gasteiger partial charge in [-0.05, 0) is 84.4 Å². The number of hydrogen-bond donors (Lipinski definition) is 2. The van der Waals surface area contributed by atoms with Crippen LogP contribution >= 0.6 is 0 Å². The third-order valence-electron chi connectivity index (χ3n) is 12.2. The van der Waals surface area contributed by atoms with Crippen molar-refractivity contribution in [2.45, 2.75) is 92.6 Å². The van der Waals surface area contributed by atoms with Crippen LogP contribution in [0.25, 0.3) is 0 Å². The van der Waals surface area contributed by atoms with Crippen LogP contribution in [0, 0.1) is 62.1 Å². The molecule has 0 aromatic heterocycles. The van der Waals surface area contributed by atoms with Gasteiger partial charge in [-0.3, -0.25) is 4.79 Å². The normalized spacial score (nSPS) is 51.6. The maximum absolute atomic E-state index is 12.9. The molecule has 9 atom stereocenters. The summed E-state index contributed by atoms with van der Waals surface area (Å²) < 4.78 is 0.